The Morgan fingerprint density at radius 3 is 2.94 bits per heavy atom. The number of methoxy groups -OCH3 is 2. The highest BCUT2D eigenvalue weighted by atomic mass is 16.5. The van der Waals surface area contributed by atoms with Crippen LogP contribution in [-0.2, 0) is 22.4 Å². The molecule has 0 radical (unpaired) electrons. The molecule has 1 rings (SSSR count). The Kier molecular flexibility index (Phi) is 6.69. The maximum atomic E-state index is 5.19. The van der Waals surface area contributed by atoms with Crippen molar-refractivity contribution in [1.29, 1.82) is 0 Å². The third-order valence-electron chi connectivity index (χ3n) is 2.42. The fourth-order valence-electron chi connectivity index (χ4n) is 1.37. The predicted octanol–water partition coefficient (Wildman–Crippen LogP) is 0.790. The third-order valence-corrected chi connectivity index (χ3v) is 2.42. The summed E-state index contributed by atoms with van der Waals surface area (Å²) in [5.41, 5.74) is 0.995. The molecule has 1 aromatic rings. The lowest BCUT2D eigenvalue weighted by molar-refractivity contribution is 0.117. The summed E-state index contributed by atoms with van der Waals surface area (Å²) in [5, 5.41) is 3.25. The van der Waals surface area contributed by atoms with Crippen LogP contribution in [0.25, 0.3) is 0 Å². The van der Waals surface area contributed by atoms with Crippen LogP contribution in [0.5, 0.6) is 0 Å². The van der Waals surface area contributed by atoms with Gasteiger partial charge in [-0.15, -0.1) is 0 Å². The van der Waals surface area contributed by atoms with Crippen LogP contribution < -0.4 is 5.32 Å². The van der Waals surface area contributed by atoms with Gasteiger partial charge in [0.15, 0.2) is 0 Å². The van der Waals surface area contributed by atoms with Gasteiger partial charge in [0, 0.05) is 39.9 Å². The quantitative estimate of drug-likeness (QED) is 0.680. The molecule has 5 heteroatoms. The lowest BCUT2D eigenvalue weighted by atomic mass is 10.2. The van der Waals surface area contributed by atoms with Crippen molar-refractivity contribution in [2.45, 2.75) is 26.0 Å². The van der Waals surface area contributed by atoms with E-state index in [1.54, 1.807) is 20.4 Å². The van der Waals surface area contributed by atoms with Gasteiger partial charge in [-0.1, -0.05) is 0 Å². The van der Waals surface area contributed by atoms with E-state index in [4.69, 9.17) is 9.47 Å². The van der Waals surface area contributed by atoms with Gasteiger partial charge in [-0.05, 0) is 13.0 Å². The molecule has 17 heavy (non-hydrogen) atoms. The Labute approximate surface area is 103 Å². The van der Waals surface area contributed by atoms with Gasteiger partial charge in [0.05, 0.1) is 18.4 Å². The van der Waals surface area contributed by atoms with Crippen LogP contribution in [0.1, 0.15) is 18.4 Å². The average Bonchev–Trinajstić information content (AvgIpc) is 2.35. The van der Waals surface area contributed by atoms with Crippen molar-refractivity contribution in [2.75, 3.05) is 27.4 Å². The molecule has 0 aliphatic heterocycles. The van der Waals surface area contributed by atoms with E-state index in [0.29, 0.717) is 6.61 Å². The Balaban J connectivity index is 2.42. The molecule has 0 aromatic carbocycles. The van der Waals surface area contributed by atoms with E-state index >= 15 is 0 Å². The first-order valence-electron chi connectivity index (χ1n) is 5.79. The van der Waals surface area contributed by atoms with Gasteiger partial charge in [-0.3, -0.25) is 0 Å². The maximum Gasteiger partial charge on any atom is 0.131 e. The van der Waals surface area contributed by atoms with E-state index in [1.165, 1.54) is 0 Å². The van der Waals surface area contributed by atoms with Gasteiger partial charge in [0.2, 0.25) is 0 Å². The Morgan fingerprint density at radius 1 is 1.41 bits per heavy atom. The number of nitrogens with zero attached hydrogens (tertiary/aromatic N) is 2. The van der Waals surface area contributed by atoms with E-state index < -0.39 is 0 Å². The predicted molar refractivity (Wildman–Crippen MR) is 65.8 cm³/mol. The van der Waals surface area contributed by atoms with Crippen molar-refractivity contribution in [2.24, 2.45) is 0 Å². The normalized spacial score (nSPS) is 12.6. The molecule has 1 aromatic heterocycles. The van der Waals surface area contributed by atoms with Gasteiger partial charge in [-0.2, -0.15) is 0 Å². The molecule has 0 spiro atoms. The van der Waals surface area contributed by atoms with Crippen LogP contribution in [0, 0.1) is 0 Å². The molecule has 0 bridgehead atoms. The molecule has 1 unspecified atom stereocenters. The fraction of sp³-hybridized carbons (Fsp3) is 0.667. The summed E-state index contributed by atoms with van der Waals surface area (Å²) >= 11 is 0. The first kappa shape index (κ1) is 14.0. The van der Waals surface area contributed by atoms with E-state index in [0.717, 1.165) is 31.0 Å². The Morgan fingerprint density at radius 2 is 2.24 bits per heavy atom. The van der Waals surface area contributed by atoms with Gasteiger partial charge < -0.3 is 14.8 Å². The zero-order chi connectivity index (χ0) is 12.5. The smallest absolute Gasteiger partial charge is 0.131 e. The lowest BCUT2D eigenvalue weighted by Crippen LogP contribution is -2.20. The maximum absolute atomic E-state index is 5.19. The van der Waals surface area contributed by atoms with Crippen LogP contribution in [0.15, 0.2) is 12.3 Å². The number of hydrogen-bond acceptors (Lipinski definition) is 5. The summed E-state index contributed by atoms with van der Waals surface area (Å²) in [6, 6.07) is 1.92. The fourth-order valence-corrected chi connectivity index (χ4v) is 1.37. The minimum Gasteiger partial charge on any atom is -0.383 e. The summed E-state index contributed by atoms with van der Waals surface area (Å²) in [6.07, 6.45) is 2.67. The second kappa shape index (κ2) is 8.11. The highest BCUT2D eigenvalue weighted by Gasteiger charge is 2.05. The van der Waals surface area contributed by atoms with Gasteiger partial charge in [0.1, 0.15) is 5.82 Å². The van der Waals surface area contributed by atoms with Crippen molar-refractivity contribution in [3.63, 3.8) is 0 Å². The van der Waals surface area contributed by atoms with Crippen LogP contribution in [0.2, 0.25) is 0 Å². The second-order valence-corrected chi connectivity index (χ2v) is 3.88. The molecular weight excluding hydrogens is 218 g/mol. The molecule has 1 N–H and O–H groups in total. The minimum atomic E-state index is 0.145. The number of ether oxygens (including phenoxy) is 2. The Bertz CT molecular complexity index is 320. The first-order chi connectivity index (χ1) is 8.26. The SMILES string of the molecule is COCCNCc1ccnc(CC(C)OC)n1. The molecular formula is C12H21N3O2. The first-order valence-corrected chi connectivity index (χ1v) is 5.79. The van der Waals surface area contributed by atoms with E-state index in [-0.39, 0.29) is 6.10 Å². The molecule has 0 saturated heterocycles. The lowest BCUT2D eigenvalue weighted by Gasteiger charge is -2.09. The van der Waals surface area contributed by atoms with Crippen LogP contribution in [0.4, 0.5) is 0 Å². The van der Waals surface area contributed by atoms with Gasteiger partial charge in [0.25, 0.3) is 0 Å². The highest BCUT2D eigenvalue weighted by Crippen LogP contribution is 2.01. The molecule has 0 saturated carbocycles. The topological polar surface area (TPSA) is 56.3 Å². The molecule has 0 fully saturated rings. The van der Waals surface area contributed by atoms with Crippen molar-refractivity contribution in [3.05, 3.63) is 23.8 Å². The van der Waals surface area contributed by atoms with Crippen molar-refractivity contribution in [3.8, 4) is 0 Å². The molecule has 0 amide bonds. The Hall–Kier alpha value is -1.04. The number of rotatable bonds is 8. The molecule has 96 valence electrons. The number of hydrogen-bond donors (Lipinski definition) is 1. The monoisotopic (exact) mass is 239 g/mol. The zero-order valence-electron chi connectivity index (χ0n) is 10.8. The molecule has 1 atom stereocenters. The summed E-state index contributed by atoms with van der Waals surface area (Å²) in [7, 11) is 3.39. The van der Waals surface area contributed by atoms with Crippen molar-refractivity contribution >= 4 is 0 Å². The highest BCUT2D eigenvalue weighted by molar-refractivity contribution is 5.02. The summed E-state index contributed by atoms with van der Waals surface area (Å²) in [6.45, 7) is 4.27. The molecule has 0 aliphatic carbocycles. The standard InChI is InChI=1S/C12H21N3O2/c1-10(17-3)8-12-14-5-4-11(15-12)9-13-6-7-16-2/h4-5,10,13H,6-9H2,1-3H3. The third kappa shape index (κ3) is 5.72. The van der Waals surface area contributed by atoms with Gasteiger partial charge in [-0.25, -0.2) is 9.97 Å². The van der Waals surface area contributed by atoms with E-state index in [9.17, 15) is 0 Å². The van der Waals surface area contributed by atoms with Crippen LogP contribution >= 0.6 is 0 Å². The number of aromatic nitrogens is 2. The number of nitrogens with one attached hydrogen (secondary N) is 1. The van der Waals surface area contributed by atoms with Crippen molar-refractivity contribution in [1.82, 2.24) is 15.3 Å². The summed E-state index contributed by atoms with van der Waals surface area (Å²) in [4.78, 5) is 8.69. The molecule has 5 nitrogen and oxygen atoms in total. The molecule has 0 aliphatic rings. The second-order valence-electron chi connectivity index (χ2n) is 3.88. The van der Waals surface area contributed by atoms with Gasteiger partial charge >= 0.3 is 0 Å². The van der Waals surface area contributed by atoms with Crippen molar-refractivity contribution < 1.29 is 9.47 Å². The van der Waals surface area contributed by atoms with Crippen LogP contribution in [-0.4, -0.2) is 43.4 Å². The van der Waals surface area contributed by atoms with Crippen LogP contribution in [0.3, 0.4) is 0 Å². The zero-order valence-corrected chi connectivity index (χ0v) is 10.8. The van der Waals surface area contributed by atoms with E-state index in [1.807, 2.05) is 13.0 Å². The minimum absolute atomic E-state index is 0.145. The largest absolute Gasteiger partial charge is 0.383 e. The average molecular weight is 239 g/mol. The summed E-state index contributed by atoms with van der Waals surface area (Å²) < 4.78 is 10.2. The summed E-state index contributed by atoms with van der Waals surface area (Å²) in [5.74, 6) is 0.824. The molecule has 1 heterocycles. The van der Waals surface area contributed by atoms with E-state index in [2.05, 4.69) is 15.3 Å².